The average Bonchev–Trinajstić information content (AvgIpc) is 3.73. The Morgan fingerprint density at radius 3 is 2.92 bits per heavy atom. The van der Waals surface area contributed by atoms with E-state index in [-0.39, 0.29) is 17.6 Å². The SMILES string of the molecule is O=C(N1CCn2cc(-c3c(-c4cnc5ccccn45)[nH][nH]c3=O)c3cc(F)cc(c32)C1)N1CC2CC1CN2. The molecular formula is C27H25FN8O2. The van der Waals surface area contributed by atoms with Crippen molar-refractivity contribution >= 4 is 22.6 Å². The van der Waals surface area contributed by atoms with Crippen molar-refractivity contribution in [3.8, 4) is 22.5 Å². The minimum Gasteiger partial charge on any atom is -0.345 e. The molecule has 0 aliphatic carbocycles. The molecule has 1 aromatic carbocycles. The maximum atomic E-state index is 15.1. The number of rotatable bonds is 2. The molecule has 3 aliphatic heterocycles. The number of hydrogen-bond donors (Lipinski definition) is 3. The minimum absolute atomic E-state index is 0.0133. The third-order valence-corrected chi connectivity index (χ3v) is 8.28. The van der Waals surface area contributed by atoms with Crippen molar-refractivity contribution in [3.05, 3.63) is 70.7 Å². The number of carbonyl (C=O) groups excluding carboxylic acids is 1. The minimum atomic E-state index is -0.395. The summed E-state index contributed by atoms with van der Waals surface area (Å²) in [4.78, 5) is 34.9. The second-order valence-corrected chi connectivity index (χ2v) is 10.4. The van der Waals surface area contributed by atoms with Crippen molar-refractivity contribution in [1.82, 2.24) is 39.3 Å². The number of urea groups is 1. The van der Waals surface area contributed by atoms with Crippen LogP contribution in [0.1, 0.15) is 12.0 Å². The van der Waals surface area contributed by atoms with Crippen LogP contribution in [0.15, 0.2) is 53.7 Å². The van der Waals surface area contributed by atoms with Gasteiger partial charge in [0.1, 0.15) is 11.5 Å². The normalized spacial score (nSPS) is 20.7. The van der Waals surface area contributed by atoms with E-state index in [2.05, 4.69) is 25.1 Å². The Kier molecular flexibility index (Phi) is 4.46. The molecular weight excluding hydrogens is 487 g/mol. The van der Waals surface area contributed by atoms with E-state index in [0.29, 0.717) is 47.9 Å². The number of carbonyl (C=O) groups is 1. The molecule has 2 atom stereocenters. The van der Waals surface area contributed by atoms with Crippen LogP contribution in [-0.4, -0.2) is 71.7 Å². The second kappa shape index (κ2) is 7.81. The molecule has 2 saturated heterocycles. The summed E-state index contributed by atoms with van der Waals surface area (Å²) in [6.45, 7) is 2.92. The van der Waals surface area contributed by atoms with Gasteiger partial charge in [-0.15, -0.1) is 0 Å². The van der Waals surface area contributed by atoms with E-state index in [4.69, 9.17) is 0 Å². The van der Waals surface area contributed by atoms with Crippen molar-refractivity contribution in [2.75, 3.05) is 19.6 Å². The van der Waals surface area contributed by atoms with Crippen LogP contribution in [0.5, 0.6) is 0 Å². The van der Waals surface area contributed by atoms with E-state index in [1.54, 1.807) is 6.20 Å². The molecule has 2 unspecified atom stereocenters. The number of fused-ring (bicyclic) bond motifs is 3. The second-order valence-electron chi connectivity index (χ2n) is 10.4. The zero-order valence-corrected chi connectivity index (χ0v) is 20.4. The van der Waals surface area contributed by atoms with Gasteiger partial charge < -0.3 is 19.7 Å². The van der Waals surface area contributed by atoms with Gasteiger partial charge in [-0.2, -0.15) is 0 Å². The molecule has 5 aromatic rings. The number of nitrogens with zero attached hydrogens (tertiary/aromatic N) is 5. The van der Waals surface area contributed by atoms with Gasteiger partial charge in [0.15, 0.2) is 0 Å². The molecule has 192 valence electrons. The summed E-state index contributed by atoms with van der Waals surface area (Å²) in [5.41, 5.74) is 4.45. The van der Waals surface area contributed by atoms with E-state index in [1.807, 2.05) is 44.8 Å². The van der Waals surface area contributed by atoms with Crippen LogP contribution in [0.25, 0.3) is 39.1 Å². The highest BCUT2D eigenvalue weighted by atomic mass is 19.1. The quantitative estimate of drug-likeness (QED) is 0.338. The van der Waals surface area contributed by atoms with Crippen LogP contribution >= 0.6 is 0 Å². The molecule has 38 heavy (non-hydrogen) atoms. The number of likely N-dealkylation sites (tertiary alicyclic amines) is 1. The third kappa shape index (κ3) is 3.05. The van der Waals surface area contributed by atoms with Crippen molar-refractivity contribution in [3.63, 3.8) is 0 Å². The van der Waals surface area contributed by atoms with E-state index in [0.717, 1.165) is 41.9 Å². The smallest absolute Gasteiger partial charge is 0.320 e. The van der Waals surface area contributed by atoms with Crippen LogP contribution in [0.4, 0.5) is 9.18 Å². The van der Waals surface area contributed by atoms with Crippen molar-refractivity contribution in [2.45, 2.75) is 31.6 Å². The Morgan fingerprint density at radius 1 is 1.16 bits per heavy atom. The largest absolute Gasteiger partial charge is 0.345 e. The molecule has 10 nitrogen and oxygen atoms in total. The lowest BCUT2D eigenvalue weighted by molar-refractivity contribution is 0.139. The lowest BCUT2D eigenvalue weighted by Crippen LogP contribution is -2.51. The predicted octanol–water partition coefficient (Wildman–Crippen LogP) is 2.76. The van der Waals surface area contributed by atoms with Gasteiger partial charge in [-0.05, 0) is 36.2 Å². The molecule has 3 aliphatic rings. The van der Waals surface area contributed by atoms with Gasteiger partial charge in [0, 0.05) is 68.2 Å². The first-order valence-electron chi connectivity index (χ1n) is 12.9. The average molecular weight is 513 g/mol. The molecule has 2 bridgehead atoms. The summed E-state index contributed by atoms with van der Waals surface area (Å²) in [6.07, 6.45) is 6.51. The van der Waals surface area contributed by atoms with Gasteiger partial charge in [0.2, 0.25) is 0 Å². The fourth-order valence-electron chi connectivity index (χ4n) is 6.56. The summed E-state index contributed by atoms with van der Waals surface area (Å²) in [5.74, 6) is -0.395. The number of nitrogens with one attached hydrogen (secondary N) is 3. The third-order valence-electron chi connectivity index (χ3n) is 8.28. The Morgan fingerprint density at radius 2 is 2.08 bits per heavy atom. The zero-order chi connectivity index (χ0) is 25.5. The van der Waals surface area contributed by atoms with Gasteiger partial charge in [-0.25, -0.2) is 14.2 Å². The Labute approximate surface area is 215 Å². The lowest BCUT2D eigenvalue weighted by atomic mass is 10.0. The zero-order valence-electron chi connectivity index (χ0n) is 20.4. The monoisotopic (exact) mass is 512 g/mol. The fraction of sp³-hybridized carbons (Fsp3) is 0.296. The molecule has 7 heterocycles. The van der Waals surface area contributed by atoms with Crippen LogP contribution in [0.3, 0.4) is 0 Å². The van der Waals surface area contributed by atoms with Crippen molar-refractivity contribution in [2.24, 2.45) is 0 Å². The van der Waals surface area contributed by atoms with Gasteiger partial charge in [-0.3, -0.25) is 19.4 Å². The first-order chi connectivity index (χ1) is 18.5. The van der Waals surface area contributed by atoms with Crippen LogP contribution < -0.4 is 10.9 Å². The van der Waals surface area contributed by atoms with E-state index in [9.17, 15) is 9.59 Å². The van der Waals surface area contributed by atoms with Gasteiger partial charge >= 0.3 is 6.03 Å². The summed E-state index contributed by atoms with van der Waals surface area (Å²) in [7, 11) is 0. The summed E-state index contributed by atoms with van der Waals surface area (Å²) < 4.78 is 19.0. The van der Waals surface area contributed by atoms with Crippen LogP contribution in [-0.2, 0) is 13.1 Å². The van der Waals surface area contributed by atoms with Gasteiger partial charge in [0.05, 0.1) is 28.7 Å². The molecule has 0 saturated carbocycles. The number of aromatic nitrogens is 5. The number of hydrogen-bond acceptors (Lipinski definition) is 4. The maximum Gasteiger partial charge on any atom is 0.320 e. The number of piperazine rings is 1. The molecule has 0 spiro atoms. The first-order valence-corrected chi connectivity index (χ1v) is 12.9. The lowest BCUT2D eigenvalue weighted by Gasteiger charge is -2.33. The molecule has 2 amide bonds. The molecule has 0 radical (unpaired) electrons. The molecule has 3 N–H and O–H groups in total. The van der Waals surface area contributed by atoms with Crippen molar-refractivity contribution in [1.29, 1.82) is 0 Å². The first kappa shape index (κ1) is 21.7. The number of benzene rings is 1. The van der Waals surface area contributed by atoms with E-state index in [1.165, 1.54) is 12.1 Å². The standard InChI is InChI=1S/C27H25FN8O2/c28-16-7-15-12-34(27(38)36-13-17-9-18(36)10-29-17)6-5-33-14-20(19(8-16)25(15)33)23-24(31-32-26(23)37)21-11-30-22-3-1-2-4-35(21)22/h1-4,7-8,11,14,17-18,29H,5-6,9-10,12-13H2,(H2,31,32,37). The number of amides is 2. The summed E-state index contributed by atoms with van der Waals surface area (Å²) in [6, 6.07) is 9.31. The Bertz CT molecular complexity index is 1810. The highest BCUT2D eigenvalue weighted by molar-refractivity contribution is 6.00. The number of aromatic amines is 2. The van der Waals surface area contributed by atoms with Crippen molar-refractivity contribution < 1.29 is 9.18 Å². The predicted molar refractivity (Wildman–Crippen MR) is 139 cm³/mol. The molecule has 2 fully saturated rings. The van der Waals surface area contributed by atoms with Crippen LogP contribution in [0, 0.1) is 5.82 Å². The number of imidazole rings is 1. The fourth-order valence-corrected chi connectivity index (χ4v) is 6.56. The van der Waals surface area contributed by atoms with Gasteiger partial charge in [-0.1, -0.05) is 6.07 Å². The number of halogens is 1. The van der Waals surface area contributed by atoms with E-state index < -0.39 is 5.82 Å². The number of pyridine rings is 1. The number of H-pyrrole nitrogens is 2. The Hall–Kier alpha value is -4.38. The van der Waals surface area contributed by atoms with E-state index >= 15 is 4.39 Å². The highest BCUT2D eigenvalue weighted by Crippen LogP contribution is 2.38. The van der Waals surface area contributed by atoms with Crippen LogP contribution in [0.2, 0.25) is 0 Å². The highest BCUT2D eigenvalue weighted by Gasteiger charge is 2.42. The molecule has 11 heteroatoms. The Balaban J connectivity index is 1.24. The van der Waals surface area contributed by atoms with Gasteiger partial charge in [0.25, 0.3) is 5.56 Å². The molecule has 8 rings (SSSR count). The molecule has 4 aromatic heterocycles. The summed E-state index contributed by atoms with van der Waals surface area (Å²) >= 11 is 0. The summed E-state index contributed by atoms with van der Waals surface area (Å²) in [5, 5.41) is 9.82. The topological polar surface area (TPSA) is 106 Å². The maximum absolute atomic E-state index is 15.1.